The quantitative estimate of drug-likeness (QED) is 0.709. The highest BCUT2D eigenvalue weighted by atomic mass is 19.4. The average Bonchev–Trinajstić information content (AvgIpc) is 3.15. The minimum Gasteiger partial charge on any atom is -0.495 e. The van der Waals surface area contributed by atoms with Crippen molar-refractivity contribution in [3.63, 3.8) is 0 Å². The third-order valence-electron chi connectivity index (χ3n) is 4.96. The van der Waals surface area contributed by atoms with Crippen LogP contribution in [0.2, 0.25) is 0 Å². The molecule has 1 atom stereocenters. The normalized spacial score (nSPS) is 17.7. The molecule has 2 aromatic rings. The number of piperidine rings is 1. The Bertz CT molecular complexity index is 726. The van der Waals surface area contributed by atoms with Gasteiger partial charge >= 0.3 is 6.18 Å². The predicted molar refractivity (Wildman–Crippen MR) is 97.5 cm³/mol. The number of rotatable bonds is 6. The maximum Gasteiger partial charge on any atom is 0.415 e. The zero-order valence-corrected chi connectivity index (χ0v) is 15.1. The summed E-state index contributed by atoms with van der Waals surface area (Å²) >= 11 is 0. The largest absolute Gasteiger partial charge is 0.495 e. The lowest BCUT2D eigenvalue weighted by molar-refractivity contribution is -0.208. The number of H-pyrrole nitrogens is 1. The van der Waals surface area contributed by atoms with E-state index in [0.717, 1.165) is 35.7 Å². The number of benzene rings is 1. The lowest BCUT2D eigenvalue weighted by Crippen LogP contribution is -2.43. The first-order valence-corrected chi connectivity index (χ1v) is 8.92. The summed E-state index contributed by atoms with van der Waals surface area (Å²) in [7, 11) is 1.61. The second-order valence-electron chi connectivity index (χ2n) is 6.80. The molecule has 0 amide bonds. The van der Waals surface area contributed by atoms with E-state index in [-0.39, 0.29) is 12.5 Å². The summed E-state index contributed by atoms with van der Waals surface area (Å²) in [5, 5.41) is 12.5. The van der Waals surface area contributed by atoms with Crippen LogP contribution in [-0.2, 0) is 0 Å². The first-order chi connectivity index (χ1) is 12.9. The maximum atomic E-state index is 12.5. The van der Waals surface area contributed by atoms with Crippen LogP contribution >= 0.6 is 0 Å². The van der Waals surface area contributed by atoms with E-state index < -0.39 is 12.3 Å². The Balaban J connectivity index is 1.61. The van der Waals surface area contributed by atoms with Crippen molar-refractivity contribution in [1.29, 1.82) is 0 Å². The summed E-state index contributed by atoms with van der Waals surface area (Å²) in [6.45, 7) is 0.698. The van der Waals surface area contributed by atoms with Gasteiger partial charge in [-0.25, -0.2) is 0 Å². The molecule has 0 bridgehead atoms. The van der Waals surface area contributed by atoms with Gasteiger partial charge in [-0.05, 0) is 61.7 Å². The van der Waals surface area contributed by atoms with Crippen molar-refractivity contribution in [3.8, 4) is 5.75 Å². The number of methoxy groups -OCH3 is 1. The molecule has 3 rings (SSSR count). The number of hydrogen-bond acceptors (Lipinski definition) is 4. The fourth-order valence-electron chi connectivity index (χ4n) is 3.42. The lowest BCUT2D eigenvalue weighted by Gasteiger charge is -2.33. The minimum atomic E-state index is -4.56. The van der Waals surface area contributed by atoms with Crippen LogP contribution in [0, 0.1) is 0 Å². The minimum absolute atomic E-state index is 0.262. The number of anilines is 2. The van der Waals surface area contributed by atoms with Gasteiger partial charge in [-0.3, -0.25) is 0 Å². The number of aliphatic hydroxyl groups is 1. The molecule has 0 radical (unpaired) electrons. The molecular weight excluding hydrogens is 359 g/mol. The van der Waals surface area contributed by atoms with Crippen molar-refractivity contribution in [1.82, 2.24) is 9.88 Å². The Labute approximate surface area is 156 Å². The van der Waals surface area contributed by atoms with Crippen LogP contribution in [0.4, 0.5) is 24.7 Å². The van der Waals surface area contributed by atoms with Crippen LogP contribution in [0.15, 0.2) is 36.5 Å². The van der Waals surface area contributed by atoms with Gasteiger partial charge in [0.1, 0.15) is 11.6 Å². The highest BCUT2D eigenvalue weighted by Crippen LogP contribution is 2.35. The topological polar surface area (TPSA) is 60.5 Å². The van der Waals surface area contributed by atoms with Crippen LogP contribution in [0.5, 0.6) is 5.75 Å². The SMILES string of the molecule is COc1cc(C2CCN(C[C@H](O)C(F)(F)F)CC2)ccc1Nc1ccc[nH]1. The summed E-state index contributed by atoms with van der Waals surface area (Å²) in [6, 6.07) is 9.77. The van der Waals surface area contributed by atoms with E-state index in [1.54, 1.807) is 12.0 Å². The first kappa shape index (κ1) is 19.6. The maximum absolute atomic E-state index is 12.5. The Hall–Kier alpha value is -2.19. The number of aliphatic hydroxyl groups excluding tert-OH is 1. The van der Waals surface area contributed by atoms with Gasteiger partial charge in [0.25, 0.3) is 0 Å². The number of aromatic amines is 1. The van der Waals surface area contributed by atoms with Crippen molar-refractivity contribution >= 4 is 11.5 Å². The number of likely N-dealkylation sites (tertiary alicyclic amines) is 1. The van der Waals surface area contributed by atoms with E-state index in [4.69, 9.17) is 4.74 Å². The highest BCUT2D eigenvalue weighted by Gasteiger charge is 2.39. The summed E-state index contributed by atoms with van der Waals surface area (Å²) in [5.41, 5.74) is 1.95. The van der Waals surface area contributed by atoms with Gasteiger partial charge in [0.05, 0.1) is 12.8 Å². The summed E-state index contributed by atoms with van der Waals surface area (Å²) in [6.07, 6.45) is -3.53. The van der Waals surface area contributed by atoms with Crippen LogP contribution < -0.4 is 10.1 Å². The second-order valence-corrected chi connectivity index (χ2v) is 6.80. The van der Waals surface area contributed by atoms with E-state index in [2.05, 4.69) is 10.3 Å². The number of nitrogens with one attached hydrogen (secondary N) is 2. The molecule has 5 nitrogen and oxygen atoms in total. The Morgan fingerprint density at radius 2 is 2.04 bits per heavy atom. The van der Waals surface area contributed by atoms with Gasteiger partial charge in [0, 0.05) is 12.7 Å². The molecule has 1 aliphatic heterocycles. The average molecular weight is 383 g/mol. The number of hydrogen-bond donors (Lipinski definition) is 3. The van der Waals surface area contributed by atoms with E-state index in [1.165, 1.54) is 0 Å². The van der Waals surface area contributed by atoms with E-state index in [9.17, 15) is 18.3 Å². The zero-order valence-electron chi connectivity index (χ0n) is 15.1. The first-order valence-electron chi connectivity index (χ1n) is 8.92. The molecule has 0 unspecified atom stereocenters. The molecule has 1 fully saturated rings. The Kier molecular flexibility index (Phi) is 5.96. The van der Waals surface area contributed by atoms with Crippen molar-refractivity contribution in [2.75, 3.05) is 32.1 Å². The van der Waals surface area contributed by atoms with E-state index in [0.29, 0.717) is 13.1 Å². The molecule has 1 aliphatic rings. The van der Waals surface area contributed by atoms with Crippen LogP contribution in [-0.4, -0.2) is 54.0 Å². The molecule has 1 aromatic carbocycles. The van der Waals surface area contributed by atoms with Gasteiger partial charge in [-0.15, -0.1) is 0 Å². The monoisotopic (exact) mass is 383 g/mol. The van der Waals surface area contributed by atoms with Crippen molar-refractivity contribution in [2.45, 2.75) is 31.0 Å². The van der Waals surface area contributed by atoms with Crippen LogP contribution in [0.25, 0.3) is 0 Å². The molecule has 3 N–H and O–H groups in total. The molecule has 0 saturated carbocycles. The Morgan fingerprint density at radius 1 is 1.30 bits per heavy atom. The molecule has 1 saturated heterocycles. The molecule has 148 valence electrons. The zero-order chi connectivity index (χ0) is 19.4. The number of ether oxygens (including phenoxy) is 1. The number of halogens is 3. The smallest absolute Gasteiger partial charge is 0.415 e. The van der Waals surface area contributed by atoms with Crippen LogP contribution in [0.3, 0.4) is 0 Å². The number of nitrogens with zero attached hydrogens (tertiary/aromatic N) is 1. The van der Waals surface area contributed by atoms with Gasteiger partial charge < -0.3 is 25.0 Å². The number of alkyl halides is 3. The Morgan fingerprint density at radius 3 is 2.63 bits per heavy atom. The fourth-order valence-corrected chi connectivity index (χ4v) is 3.42. The van der Waals surface area contributed by atoms with Crippen LogP contribution in [0.1, 0.15) is 24.3 Å². The summed E-state index contributed by atoms with van der Waals surface area (Å²) in [5.74, 6) is 1.84. The lowest BCUT2D eigenvalue weighted by atomic mass is 9.89. The predicted octanol–water partition coefficient (Wildman–Crippen LogP) is 3.87. The van der Waals surface area contributed by atoms with Gasteiger partial charge in [-0.1, -0.05) is 6.07 Å². The van der Waals surface area contributed by atoms with Crippen molar-refractivity contribution in [2.24, 2.45) is 0 Å². The molecule has 1 aromatic heterocycles. The molecule has 0 aliphatic carbocycles. The van der Waals surface area contributed by atoms with Gasteiger partial charge in [0.15, 0.2) is 6.10 Å². The summed E-state index contributed by atoms with van der Waals surface area (Å²) < 4.78 is 43.0. The van der Waals surface area contributed by atoms with Crippen molar-refractivity contribution in [3.05, 3.63) is 42.1 Å². The molecule has 2 heterocycles. The van der Waals surface area contributed by atoms with E-state index >= 15 is 0 Å². The van der Waals surface area contributed by atoms with Crippen molar-refractivity contribution < 1.29 is 23.0 Å². The molecular formula is C19H24F3N3O2. The third kappa shape index (κ3) is 4.95. The standard InChI is InChI=1S/C19H24F3N3O2/c1-27-16-11-14(4-5-15(16)24-18-3-2-8-23-18)13-6-9-25(10-7-13)12-17(26)19(20,21)22/h2-5,8,11,13,17,23-24,26H,6-7,9-10,12H2,1H3/t17-/m0/s1. The summed E-state index contributed by atoms with van der Waals surface area (Å²) in [4.78, 5) is 4.75. The fraction of sp³-hybridized carbons (Fsp3) is 0.474. The molecule has 27 heavy (non-hydrogen) atoms. The second kappa shape index (κ2) is 8.22. The van der Waals surface area contributed by atoms with E-state index in [1.807, 2.05) is 36.5 Å². The molecule has 8 heteroatoms. The third-order valence-corrected chi connectivity index (χ3v) is 4.96. The van der Waals surface area contributed by atoms with Gasteiger partial charge in [0.2, 0.25) is 0 Å². The van der Waals surface area contributed by atoms with Gasteiger partial charge in [-0.2, -0.15) is 13.2 Å². The highest BCUT2D eigenvalue weighted by molar-refractivity contribution is 5.65. The number of β-amino-alcohol motifs (C(OH)–C–C–N with tert-alkyl or cyclic N) is 1. The molecule has 0 spiro atoms. The number of aromatic nitrogens is 1.